The van der Waals surface area contributed by atoms with E-state index in [2.05, 4.69) is 10.5 Å². The number of hydrogen-bond acceptors (Lipinski definition) is 7. The molecule has 1 amide bonds. The van der Waals surface area contributed by atoms with Crippen molar-refractivity contribution in [2.24, 2.45) is 11.0 Å². The highest BCUT2D eigenvalue weighted by atomic mass is 32.1. The van der Waals surface area contributed by atoms with Crippen molar-refractivity contribution in [1.82, 2.24) is 14.6 Å². The molecule has 0 aromatic carbocycles. The van der Waals surface area contributed by atoms with Crippen LogP contribution in [-0.4, -0.2) is 40.8 Å². The number of fused-ring (bicyclic) bond motifs is 1. The second-order valence-electron chi connectivity index (χ2n) is 8.53. The van der Waals surface area contributed by atoms with E-state index in [9.17, 15) is 14.4 Å². The minimum Gasteiger partial charge on any atom is -0.443 e. The molecule has 2 aromatic heterocycles. The fourth-order valence-electron chi connectivity index (χ4n) is 3.28. The molecule has 1 saturated carbocycles. The number of hydrogen-bond donors (Lipinski definition) is 1. The number of hydrazone groups is 1. The van der Waals surface area contributed by atoms with E-state index in [4.69, 9.17) is 9.47 Å². The first-order valence-corrected chi connectivity index (χ1v) is 10.7. The standard InChI is InChI=1S/C20H28N4O5S/c1-11-9-13(11)24-16(25)15-12(2)14(10-21-22-18(26)29-20(3,4)5)30-17(15)23(19(24)27)7-8-28-6/h10-11,13H,7-9H2,1-6H3,(H,22,26)/b21-10+/t11-,13-/m0/s1. The van der Waals surface area contributed by atoms with E-state index in [1.54, 1.807) is 32.4 Å². The first-order chi connectivity index (χ1) is 14.0. The predicted octanol–water partition coefficient (Wildman–Crippen LogP) is 2.62. The van der Waals surface area contributed by atoms with Crippen molar-refractivity contribution in [3.63, 3.8) is 0 Å². The van der Waals surface area contributed by atoms with Gasteiger partial charge in [0.25, 0.3) is 5.56 Å². The first kappa shape index (κ1) is 22.2. The third kappa shape index (κ3) is 4.49. The summed E-state index contributed by atoms with van der Waals surface area (Å²) < 4.78 is 13.3. The van der Waals surface area contributed by atoms with Crippen molar-refractivity contribution in [2.45, 2.75) is 59.2 Å². The van der Waals surface area contributed by atoms with Crippen LogP contribution in [0.4, 0.5) is 4.79 Å². The van der Waals surface area contributed by atoms with Gasteiger partial charge in [-0.3, -0.25) is 13.9 Å². The molecule has 30 heavy (non-hydrogen) atoms. The SMILES string of the molecule is COCCn1c(=O)n([C@H]2C[C@@H]2C)c(=O)c2c(C)c(/C=N/NC(=O)OC(C)(C)C)sc21. The number of nitrogens with zero attached hydrogens (tertiary/aromatic N) is 3. The maximum Gasteiger partial charge on any atom is 0.428 e. The molecule has 2 aromatic rings. The van der Waals surface area contributed by atoms with Gasteiger partial charge in [-0.2, -0.15) is 5.10 Å². The van der Waals surface area contributed by atoms with E-state index in [1.165, 1.54) is 22.1 Å². The van der Waals surface area contributed by atoms with Gasteiger partial charge >= 0.3 is 11.8 Å². The Morgan fingerprint density at radius 1 is 1.37 bits per heavy atom. The Kier molecular flexibility index (Phi) is 6.19. The molecule has 1 fully saturated rings. The van der Waals surface area contributed by atoms with Crippen LogP contribution in [0.25, 0.3) is 10.2 Å². The lowest BCUT2D eigenvalue weighted by Gasteiger charge is -2.18. The maximum atomic E-state index is 13.2. The van der Waals surface area contributed by atoms with Crippen LogP contribution in [0.2, 0.25) is 0 Å². The third-order valence-corrected chi connectivity index (χ3v) is 6.18. The van der Waals surface area contributed by atoms with E-state index in [1.807, 2.05) is 13.8 Å². The van der Waals surface area contributed by atoms with E-state index in [0.717, 1.165) is 12.0 Å². The average Bonchev–Trinajstić information content (AvgIpc) is 3.24. The van der Waals surface area contributed by atoms with Gasteiger partial charge in [0.1, 0.15) is 10.4 Å². The van der Waals surface area contributed by atoms with E-state index < -0.39 is 11.7 Å². The van der Waals surface area contributed by atoms with Gasteiger partial charge in [0.15, 0.2) is 0 Å². The molecule has 0 spiro atoms. The van der Waals surface area contributed by atoms with Gasteiger partial charge in [-0.25, -0.2) is 15.0 Å². The number of aryl methyl sites for hydroxylation is 1. The Bertz CT molecular complexity index is 1110. The zero-order chi connectivity index (χ0) is 22.2. The Hall–Kier alpha value is -2.46. The summed E-state index contributed by atoms with van der Waals surface area (Å²) in [6.45, 7) is 9.84. The van der Waals surface area contributed by atoms with Gasteiger partial charge in [0, 0.05) is 13.2 Å². The lowest BCUT2D eigenvalue weighted by atomic mass is 10.2. The largest absolute Gasteiger partial charge is 0.443 e. The first-order valence-electron chi connectivity index (χ1n) is 9.84. The van der Waals surface area contributed by atoms with Crippen LogP contribution in [0.5, 0.6) is 0 Å². The summed E-state index contributed by atoms with van der Waals surface area (Å²) in [6.07, 6.45) is 1.63. The van der Waals surface area contributed by atoms with Gasteiger partial charge in [0.2, 0.25) is 0 Å². The molecule has 3 rings (SSSR count). The van der Waals surface area contributed by atoms with Crippen LogP contribution < -0.4 is 16.7 Å². The molecule has 2 heterocycles. The highest BCUT2D eigenvalue weighted by Crippen LogP contribution is 2.41. The maximum absolute atomic E-state index is 13.2. The third-order valence-electron chi connectivity index (χ3n) is 4.93. The Labute approximate surface area is 178 Å². The molecule has 1 aliphatic carbocycles. The zero-order valence-corrected chi connectivity index (χ0v) is 19.0. The molecule has 0 aliphatic heterocycles. The van der Waals surface area contributed by atoms with Gasteiger partial charge in [-0.1, -0.05) is 6.92 Å². The highest BCUT2D eigenvalue weighted by molar-refractivity contribution is 7.20. The molecule has 9 nitrogen and oxygen atoms in total. The smallest absolute Gasteiger partial charge is 0.428 e. The van der Waals surface area contributed by atoms with Crippen LogP contribution in [0.3, 0.4) is 0 Å². The second kappa shape index (κ2) is 8.35. The van der Waals surface area contributed by atoms with Crippen molar-refractivity contribution >= 4 is 33.9 Å². The Balaban J connectivity index is 2.02. The van der Waals surface area contributed by atoms with E-state index in [-0.39, 0.29) is 17.3 Å². The average molecular weight is 437 g/mol. The number of methoxy groups -OCH3 is 1. The number of aromatic nitrogens is 2. The number of ether oxygens (including phenoxy) is 2. The molecular formula is C20H28N4O5S. The topological polar surface area (TPSA) is 104 Å². The minimum absolute atomic E-state index is 0.0616. The number of carbonyl (C=O) groups is 1. The summed E-state index contributed by atoms with van der Waals surface area (Å²) in [6, 6.07) is -0.0616. The van der Waals surface area contributed by atoms with Crippen molar-refractivity contribution in [3.05, 3.63) is 31.3 Å². The van der Waals surface area contributed by atoms with Crippen molar-refractivity contribution < 1.29 is 14.3 Å². The number of rotatable bonds is 6. The summed E-state index contributed by atoms with van der Waals surface area (Å²) in [5.41, 5.74) is 1.84. The van der Waals surface area contributed by atoms with Crippen LogP contribution in [0.1, 0.15) is 50.6 Å². The predicted molar refractivity (Wildman–Crippen MR) is 117 cm³/mol. The quantitative estimate of drug-likeness (QED) is 0.554. The molecule has 1 aliphatic rings. The summed E-state index contributed by atoms with van der Waals surface area (Å²) in [7, 11) is 1.57. The molecule has 0 saturated heterocycles. The summed E-state index contributed by atoms with van der Waals surface area (Å²) in [5, 5.41) is 4.46. The lowest BCUT2D eigenvalue weighted by molar-refractivity contribution is 0.0529. The normalized spacial score (nSPS) is 18.9. The molecule has 1 N–H and O–H groups in total. The monoisotopic (exact) mass is 436 g/mol. The zero-order valence-electron chi connectivity index (χ0n) is 18.1. The fourth-order valence-corrected chi connectivity index (χ4v) is 4.47. The van der Waals surface area contributed by atoms with Crippen LogP contribution in [-0.2, 0) is 16.0 Å². The molecule has 0 radical (unpaired) electrons. The fraction of sp³-hybridized carbons (Fsp3) is 0.600. The van der Waals surface area contributed by atoms with E-state index >= 15 is 0 Å². The van der Waals surface area contributed by atoms with Gasteiger partial charge < -0.3 is 9.47 Å². The van der Waals surface area contributed by atoms with E-state index in [0.29, 0.717) is 34.2 Å². The molecular weight excluding hydrogens is 408 g/mol. The van der Waals surface area contributed by atoms with Crippen molar-refractivity contribution in [2.75, 3.05) is 13.7 Å². The van der Waals surface area contributed by atoms with Crippen LogP contribution >= 0.6 is 11.3 Å². The minimum atomic E-state index is -0.667. The number of thiophene rings is 1. The summed E-state index contributed by atoms with van der Waals surface area (Å²) >= 11 is 1.29. The molecule has 2 atom stereocenters. The van der Waals surface area contributed by atoms with Crippen LogP contribution in [0.15, 0.2) is 14.7 Å². The summed E-state index contributed by atoms with van der Waals surface area (Å²) in [4.78, 5) is 39.3. The Morgan fingerprint density at radius 3 is 2.60 bits per heavy atom. The van der Waals surface area contributed by atoms with Gasteiger partial charge in [-0.15, -0.1) is 11.3 Å². The number of amides is 1. The highest BCUT2D eigenvalue weighted by Gasteiger charge is 2.38. The lowest BCUT2D eigenvalue weighted by Crippen LogP contribution is -2.40. The van der Waals surface area contributed by atoms with Gasteiger partial charge in [-0.05, 0) is 45.6 Å². The molecule has 0 unspecified atom stereocenters. The number of nitrogens with one attached hydrogen (secondary N) is 1. The second-order valence-corrected chi connectivity index (χ2v) is 9.56. The summed E-state index contributed by atoms with van der Waals surface area (Å²) in [5.74, 6) is 0.307. The molecule has 10 heteroatoms. The van der Waals surface area contributed by atoms with Crippen molar-refractivity contribution in [1.29, 1.82) is 0 Å². The van der Waals surface area contributed by atoms with Crippen LogP contribution in [0, 0.1) is 12.8 Å². The van der Waals surface area contributed by atoms with Gasteiger partial charge in [0.05, 0.1) is 29.6 Å². The number of carbonyl (C=O) groups excluding carboxylic acids is 1. The van der Waals surface area contributed by atoms with Crippen molar-refractivity contribution in [3.8, 4) is 0 Å². The molecule has 0 bridgehead atoms. The Morgan fingerprint density at radius 2 is 2.03 bits per heavy atom. The molecule has 164 valence electrons.